The van der Waals surface area contributed by atoms with Crippen molar-refractivity contribution in [1.29, 1.82) is 0 Å². The third-order valence-corrected chi connectivity index (χ3v) is 11.3. The fraction of sp³-hybridized carbons (Fsp3) is 0.174. The van der Waals surface area contributed by atoms with E-state index in [9.17, 15) is 86.2 Å². The van der Waals surface area contributed by atoms with Crippen LogP contribution in [0.5, 0.6) is 86.2 Å². The number of hydrogen-bond donors (Lipinski definition) is 17. The molecule has 0 fully saturated rings. The van der Waals surface area contributed by atoms with Gasteiger partial charge in [-0.05, 0) is 42.5 Å². The van der Waals surface area contributed by atoms with E-state index in [-0.39, 0.29) is 40.0 Å². The average molecular weight is 960 g/mol. The summed E-state index contributed by atoms with van der Waals surface area (Å²) >= 11 is 0. The lowest BCUT2D eigenvalue weighted by Gasteiger charge is -2.36. The molecule has 0 spiro atoms. The van der Waals surface area contributed by atoms with E-state index in [4.69, 9.17) is 29.8 Å². The molecule has 5 aromatic carbocycles. The van der Waals surface area contributed by atoms with Crippen molar-refractivity contribution < 1.29 is 110 Å². The molecule has 0 aliphatic carbocycles. The quantitative estimate of drug-likeness (QED) is 0.0287. The van der Waals surface area contributed by atoms with Crippen LogP contribution in [0.15, 0.2) is 84.5 Å². The largest absolute Gasteiger partial charge is 0.512 e. The number of aliphatic hydroxyl groups is 3. The number of fused-ring (bicyclic) bond motifs is 2. The molecular formula is C46H41NO22. The molecule has 69 heavy (non-hydrogen) atoms. The van der Waals surface area contributed by atoms with E-state index in [0.29, 0.717) is 6.08 Å². The van der Waals surface area contributed by atoms with E-state index >= 15 is 0 Å². The topological polar surface area (TPSA) is 421 Å². The van der Waals surface area contributed by atoms with Gasteiger partial charge in [-0.25, -0.2) is 9.59 Å². The van der Waals surface area contributed by atoms with Crippen molar-refractivity contribution in [2.75, 3.05) is 6.54 Å². The molecule has 2 heterocycles. The first-order valence-electron chi connectivity index (χ1n) is 20.0. The molecule has 0 saturated heterocycles. The van der Waals surface area contributed by atoms with Gasteiger partial charge in [0.2, 0.25) is 0 Å². The van der Waals surface area contributed by atoms with Gasteiger partial charge in [0.25, 0.3) is 0 Å². The summed E-state index contributed by atoms with van der Waals surface area (Å²) < 4.78 is 23.5. The number of carbonyl (C=O) groups is 2. The summed E-state index contributed by atoms with van der Waals surface area (Å²) in [6.07, 6.45) is -6.35. The van der Waals surface area contributed by atoms with Crippen molar-refractivity contribution in [2.24, 2.45) is 5.73 Å². The summed E-state index contributed by atoms with van der Waals surface area (Å²) in [5.74, 6) is -17.5. The average Bonchev–Trinajstić information content (AvgIpc) is 3.30. The third kappa shape index (κ3) is 8.74. The van der Waals surface area contributed by atoms with Gasteiger partial charge in [-0.2, -0.15) is 0 Å². The molecule has 23 heteroatoms. The number of phenols is 13. The number of benzene rings is 5. The van der Waals surface area contributed by atoms with Gasteiger partial charge in [0.15, 0.2) is 75.5 Å². The number of carbonyl (C=O) groups excluding carboxylic acids is 2. The van der Waals surface area contributed by atoms with Gasteiger partial charge in [-0.1, -0.05) is 6.58 Å². The number of aromatic hydroxyl groups is 13. The van der Waals surface area contributed by atoms with E-state index in [1.54, 1.807) is 0 Å². The maximum atomic E-state index is 13.5. The monoisotopic (exact) mass is 959 g/mol. The molecule has 18 N–H and O–H groups in total. The second kappa shape index (κ2) is 18.1. The fourth-order valence-corrected chi connectivity index (χ4v) is 7.95. The number of rotatable bonds is 11. The minimum Gasteiger partial charge on any atom is -0.512 e. The lowest BCUT2D eigenvalue weighted by molar-refractivity contribution is -0.150. The predicted octanol–water partition coefficient (Wildman–Crippen LogP) is 4.40. The van der Waals surface area contributed by atoms with Crippen LogP contribution < -0.4 is 15.2 Å². The summed E-state index contributed by atoms with van der Waals surface area (Å²) in [6, 6.07) is 7.36. The molecule has 5 aromatic rings. The zero-order valence-corrected chi connectivity index (χ0v) is 35.2. The second-order valence-corrected chi connectivity index (χ2v) is 15.7. The van der Waals surface area contributed by atoms with Crippen LogP contribution in [0.25, 0.3) is 0 Å². The maximum absolute atomic E-state index is 13.5. The first kappa shape index (κ1) is 47.6. The molecule has 0 saturated carbocycles. The van der Waals surface area contributed by atoms with Gasteiger partial charge in [0, 0.05) is 70.8 Å². The molecule has 0 aromatic heterocycles. The highest BCUT2D eigenvalue weighted by Crippen LogP contribution is 2.55. The van der Waals surface area contributed by atoms with E-state index in [0.717, 1.165) is 48.5 Å². The second-order valence-electron chi connectivity index (χ2n) is 15.7. The zero-order chi connectivity index (χ0) is 50.5. The van der Waals surface area contributed by atoms with Crippen molar-refractivity contribution in [2.45, 2.75) is 43.2 Å². The van der Waals surface area contributed by atoms with Gasteiger partial charge in [-0.15, -0.1) is 0 Å². The van der Waals surface area contributed by atoms with Crippen LogP contribution in [-0.4, -0.2) is 112 Å². The number of nitrogens with two attached hydrogens (primary N) is 1. The van der Waals surface area contributed by atoms with Gasteiger partial charge in [-0.3, -0.25) is 0 Å². The Balaban J connectivity index is 1.30. The SMILES string of the molecule is C=C(/C=C(O)\C(O)=C\O)C(=O)O[C@@H]1Cc2c(cc(O)c(C(CN)c3c(O)cc4c(c3O)C[C@@H](OC(=O)c3cc(O)c(O)c(O)c3)[C@@H](c3cc(O)c(O)c(O)c3)O4)c2O)O[C@@H]1c1cc(O)c(O)c(O)c1. The summed E-state index contributed by atoms with van der Waals surface area (Å²) in [4.78, 5) is 26.8. The molecule has 23 nitrogen and oxygen atoms in total. The predicted molar refractivity (Wildman–Crippen MR) is 231 cm³/mol. The molecule has 5 atom stereocenters. The summed E-state index contributed by atoms with van der Waals surface area (Å²) in [6.45, 7) is 2.89. The molecular weight excluding hydrogens is 918 g/mol. The van der Waals surface area contributed by atoms with Crippen LogP contribution in [0.4, 0.5) is 0 Å². The molecule has 0 radical (unpaired) electrons. The number of aliphatic hydroxyl groups excluding tert-OH is 3. The molecule has 7 rings (SSSR count). The van der Waals surface area contributed by atoms with Crippen molar-refractivity contribution in [3.63, 3.8) is 0 Å². The van der Waals surface area contributed by atoms with Crippen LogP contribution in [0.2, 0.25) is 0 Å². The lowest BCUT2D eigenvalue weighted by Crippen LogP contribution is -2.35. The van der Waals surface area contributed by atoms with Crippen LogP contribution in [0.3, 0.4) is 0 Å². The Labute approximate surface area is 386 Å². The standard InChI is InChI=1S/C46H41NO22/c1-15(2-22(49)31(58)14-48)45(64)68-34-9-19-32(66-43(34)16-3-25(52)40(61)26(53)4-16)11-23(50)36(38(19)59)21(13-47)37-24(51)12-33-20(39(37)60)10-35(44(67-33)17-5-27(54)41(62)28(55)6-17)69-46(65)18-7-29(56)42(63)30(57)8-18/h2-8,11-12,14,21,34-35,43-44,48-63H,1,9-10,13,47H2/b22-2+,31-14-/t21?,34-,35-,43-,44-/m1/s1. The number of hydrogen-bond acceptors (Lipinski definition) is 23. The van der Waals surface area contributed by atoms with Gasteiger partial charge in [0.1, 0.15) is 53.0 Å². The Bertz CT molecular complexity index is 2950. The summed E-state index contributed by atoms with van der Waals surface area (Å²) in [5.41, 5.74) is 3.68. The Hall–Kier alpha value is -9.38. The van der Waals surface area contributed by atoms with E-state index < -0.39 is 170 Å². The van der Waals surface area contributed by atoms with Crippen molar-refractivity contribution in [3.8, 4) is 86.2 Å². The molecule has 2 aliphatic heterocycles. The van der Waals surface area contributed by atoms with Gasteiger partial charge < -0.3 is 106 Å². The number of phenolic OH excluding ortho intramolecular Hbond substituents is 13. The Morgan fingerprint density at radius 2 is 0.986 bits per heavy atom. The van der Waals surface area contributed by atoms with Crippen LogP contribution in [0.1, 0.15) is 61.9 Å². The summed E-state index contributed by atoms with van der Waals surface area (Å²) in [7, 11) is 0. The first-order valence-corrected chi connectivity index (χ1v) is 20.0. The van der Waals surface area contributed by atoms with Crippen LogP contribution in [-0.2, 0) is 27.1 Å². The lowest BCUT2D eigenvalue weighted by atomic mass is 9.83. The smallest absolute Gasteiger partial charge is 0.338 e. The number of esters is 2. The molecule has 2 aliphatic rings. The molecule has 362 valence electrons. The van der Waals surface area contributed by atoms with Gasteiger partial charge in [0.05, 0.1) is 11.1 Å². The zero-order valence-electron chi connectivity index (χ0n) is 35.2. The normalized spacial score (nSPS) is 18.2. The fourth-order valence-electron chi connectivity index (χ4n) is 7.95. The highest BCUT2D eigenvalue weighted by Gasteiger charge is 2.42. The van der Waals surface area contributed by atoms with Crippen LogP contribution >= 0.6 is 0 Å². The number of ether oxygens (including phenoxy) is 4. The minimum atomic E-state index is -1.55. The van der Waals surface area contributed by atoms with Crippen molar-refractivity contribution in [1.82, 2.24) is 0 Å². The highest BCUT2D eigenvalue weighted by atomic mass is 16.6. The Kier molecular flexibility index (Phi) is 12.5. The Morgan fingerprint density at radius 1 is 0.594 bits per heavy atom. The van der Waals surface area contributed by atoms with Crippen molar-refractivity contribution in [3.05, 3.63) is 123 Å². The van der Waals surface area contributed by atoms with Crippen molar-refractivity contribution >= 4 is 11.9 Å². The van der Waals surface area contributed by atoms with Gasteiger partial charge >= 0.3 is 11.9 Å². The van der Waals surface area contributed by atoms with E-state index in [1.807, 2.05) is 0 Å². The van der Waals surface area contributed by atoms with Crippen LogP contribution in [0, 0.1) is 0 Å². The first-order chi connectivity index (χ1) is 32.5. The van der Waals surface area contributed by atoms with E-state index in [1.165, 1.54) is 0 Å². The molecule has 1 unspecified atom stereocenters. The summed E-state index contributed by atoms with van der Waals surface area (Å²) in [5, 5.41) is 167. The highest BCUT2D eigenvalue weighted by molar-refractivity contribution is 5.92. The Morgan fingerprint density at radius 3 is 1.38 bits per heavy atom. The van der Waals surface area contributed by atoms with E-state index in [2.05, 4.69) is 6.58 Å². The molecule has 0 amide bonds. The minimum absolute atomic E-state index is 0.112. The maximum Gasteiger partial charge on any atom is 0.338 e. The molecule has 0 bridgehead atoms. The third-order valence-electron chi connectivity index (χ3n) is 11.3.